The predicted octanol–water partition coefficient (Wildman–Crippen LogP) is 3.76. The minimum atomic E-state index is 0.570. The molecule has 1 N–H and O–H groups in total. The Hall–Kier alpha value is -0.340. The van der Waals surface area contributed by atoms with E-state index in [1.54, 1.807) is 0 Å². The molecule has 1 nitrogen and oxygen atoms in total. The number of unbranched alkanes of at least 4 members (excludes halogenated alkanes) is 1. The fourth-order valence-corrected chi connectivity index (χ4v) is 2.71. The Bertz CT molecular complexity index is 255. The van der Waals surface area contributed by atoms with Crippen molar-refractivity contribution in [1.82, 2.24) is 5.32 Å². The standard InChI is InChI=1S/C12H21NS/c1-4-6-7-11(13-3)12-9-8-10(5-2)14-12/h8-9,11,13H,4-7H2,1-3H3. The van der Waals surface area contributed by atoms with Gasteiger partial charge in [0.05, 0.1) is 0 Å². The lowest BCUT2D eigenvalue weighted by molar-refractivity contribution is 0.530. The van der Waals surface area contributed by atoms with Crippen molar-refractivity contribution in [2.24, 2.45) is 0 Å². The van der Waals surface area contributed by atoms with Crippen LogP contribution in [0.2, 0.25) is 0 Å². The minimum absolute atomic E-state index is 0.570. The molecule has 14 heavy (non-hydrogen) atoms. The second kappa shape index (κ2) is 6.20. The molecule has 0 aliphatic rings. The van der Waals surface area contributed by atoms with E-state index in [2.05, 4.69) is 38.3 Å². The van der Waals surface area contributed by atoms with Gasteiger partial charge in [0, 0.05) is 15.8 Å². The van der Waals surface area contributed by atoms with Crippen molar-refractivity contribution in [3.8, 4) is 0 Å². The fraction of sp³-hybridized carbons (Fsp3) is 0.667. The first-order valence-corrected chi connectivity index (χ1v) is 6.39. The Morgan fingerprint density at radius 3 is 2.64 bits per heavy atom. The molecule has 1 atom stereocenters. The van der Waals surface area contributed by atoms with Crippen LogP contribution in [0.15, 0.2) is 12.1 Å². The zero-order valence-electron chi connectivity index (χ0n) is 9.47. The van der Waals surface area contributed by atoms with E-state index >= 15 is 0 Å². The van der Waals surface area contributed by atoms with Crippen molar-refractivity contribution in [3.63, 3.8) is 0 Å². The van der Waals surface area contributed by atoms with Crippen LogP contribution in [-0.4, -0.2) is 7.05 Å². The summed E-state index contributed by atoms with van der Waals surface area (Å²) < 4.78 is 0. The molecule has 0 aliphatic carbocycles. The van der Waals surface area contributed by atoms with E-state index in [9.17, 15) is 0 Å². The smallest absolute Gasteiger partial charge is 0.0412 e. The summed E-state index contributed by atoms with van der Waals surface area (Å²) in [6, 6.07) is 5.11. The predicted molar refractivity (Wildman–Crippen MR) is 65.0 cm³/mol. The zero-order valence-corrected chi connectivity index (χ0v) is 10.3. The van der Waals surface area contributed by atoms with Gasteiger partial charge in [-0.25, -0.2) is 0 Å². The summed E-state index contributed by atoms with van der Waals surface area (Å²) in [5, 5.41) is 3.40. The van der Waals surface area contributed by atoms with Crippen LogP contribution in [-0.2, 0) is 6.42 Å². The monoisotopic (exact) mass is 211 g/mol. The van der Waals surface area contributed by atoms with Crippen molar-refractivity contribution in [2.45, 2.75) is 45.6 Å². The summed E-state index contributed by atoms with van der Waals surface area (Å²) in [6.07, 6.45) is 5.01. The Morgan fingerprint density at radius 2 is 2.14 bits per heavy atom. The molecular formula is C12H21NS. The lowest BCUT2D eigenvalue weighted by Crippen LogP contribution is -2.14. The van der Waals surface area contributed by atoms with E-state index in [0.717, 1.165) is 6.42 Å². The molecule has 0 radical (unpaired) electrons. The number of thiophene rings is 1. The molecule has 80 valence electrons. The van der Waals surface area contributed by atoms with E-state index in [-0.39, 0.29) is 0 Å². The van der Waals surface area contributed by atoms with Gasteiger partial charge in [-0.3, -0.25) is 0 Å². The molecular weight excluding hydrogens is 190 g/mol. The van der Waals surface area contributed by atoms with Crippen LogP contribution in [0.25, 0.3) is 0 Å². The number of aryl methyl sites for hydroxylation is 1. The van der Waals surface area contributed by atoms with Gasteiger partial charge >= 0.3 is 0 Å². The number of rotatable bonds is 6. The van der Waals surface area contributed by atoms with Crippen LogP contribution in [0.4, 0.5) is 0 Å². The third-order valence-electron chi connectivity index (χ3n) is 2.57. The molecule has 0 bridgehead atoms. The van der Waals surface area contributed by atoms with E-state index < -0.39 is 0 Å². The zero-order chi connectivity index (χ0) is 10.4. The first-order valence-electron chi connectivity index (χ1n) is 5.57. The summed E-state index contributed by atoms with van der Waals surface area (Å²) in [5.41, 5.74) is 0. The minimum Gasteiger partial charge on any atom is -0.312 e. The van der Waals surface area contributed by atoms with Crippen molar-refractivity contribution in [1.29, 1.82) is 0 Å². The summed E-state index contributed by atoms with van der Waals surface area (Å²) in [6.45, 7) is 4.47. The molecule has 1 unspecified atom stereocenters. The fourth-order valence-electron chi connectivity index (χ4n) is 1.61. The van der Waals surface area contributed by atoms with Crippen molar-refractivity contribution in [2.75, 3.05) is 7.05 Å². The van der Waals surface area contributed by atoms with Crippen LogP contribution in [0.5, 0.6) is 0 Å². The van der Waals surface area contributed by atoms with Crippen LogP contribution in [0.3, 0.4) is 0 Å². The lowest BCUT2D eigenvalue weighted by Gasteiger charge is -2.13. The van der Waals surface area contributed by atoms with E-state index in [0.29, 0.717) is 6.04 Å². The van der Waals surface area contributed by atoms with Crippen molar-refractivity contribution < 1.29 is 0 Å². The largest absolute Gasteiger partial charge is 0.312 e. The SMILES string of the molecule is CCCCC(NC)c1ccc(CC)s1. The molecule has 1 rings (SSSR count). The highest BCUT2D eigenvalue weighted by Crippen LogP contribution is 2.26. The molecule has 0 amide bonds. The van der Waals surface area contributed by atoms with Gasteiger partial charge in [-0.05, 0) is 32.0 Å². The molecule has 0 spiro atoms. The van der Waals surface area contributed by atoms with Crippen LogP contribution in [0.1, 0.15) is 48.9 Å². The highest BCUT2D eigenvalue weighted by Gasteiger charge is 2.10. The third-order valence-corrected chi connectivity index (χ3v) is 3.91. The molecule has 1 heterocycles. The second-order valence-corrected chi connectivity index (χ2v) is 4.84. The van der Waals surface area contributed by atoms with Gasteiger partial charge in [0.1, 0.15) is 0 Å². The van der Waals surface area contributed by atoms with E-state index in [1.165, 1.54) is 29.0 Å². The number of hydrogen-bond donors (Lipinski definition) is 1. The molecule has 0 aliphatic heterocycles. The molecule has 1 aromatic rings. The lowest BCUT2D eigenvalue weighted by atomic mass is 10.1. The Morgan fingerprint density at radius 1 is 1.36 bits per heavy atom. The van der Waals surface area contributed by atoms with Crippen LogP contribution >= 0.6 is 11.3 Å². The number of nitrogens with one attached hydrogen (secondary N) is 1. The normalized spacial score (nSPS) is 13.1. The molecule has 0 aromatic carbocycles. The number of hydrogen-bond acceptors (Lipinski definition) is 2. The third kappa shape index (κ3) is 3.10. The van der Waals surface area contributed by atoms with Crippen LogP contribution < -0.4 is 5.32 Å². The average Bonchev–Trinajstić information content (AvgIpc) is 2.68. The van der Waals surface area contributed by atoms with Gasteiger partial charge in [-0.2, -0.15) is 0 Å². The van der Waals surface area contributed by atoms with E-state index in [1.807, 2.05) is 11.3 Å². The van der Waals surface area contributed by atoms with Gasteiger partial charge in [0.15, 0.2) is 0 Å². The maximum atomic E-state index is 3.40. The molecule has 1 aromatic heterocycles. The molecule has 0 fully saturated rings. The maximum Gasteiger partial charge on any atom is 0.0412 e. The Labute approximate surface area is 91.5 Å². The second-order valence-electron chi connectivity index (χ2n) is 3.64. The summed E-state index contributed by atoms with van der Waals surface area (Å²) in [5.74, 6) is 0. The van der Waals surface area contributed by atoms with Gasteiger partial charge in [-0.1, -0.05) is 26.7 Å². The van der Waals surface area contributed by atoms with Crippen LogP contribution in [0, 0.1) is 0 Å². The van der Waals surface area contributed by atoms with Crippen molar-refractivity contribution >= 4 is 11.3 Å². The molecule has 0 saturated heterocycles. The average molecular weight is 211 g/mol. The Balaban J connectivity index is 2.58. The highest BCUT2D eigenvalue weighted by molar-refractivity contribution is 7.12. The molecule has 2 heteroatoms. The van der Waals surface area contributed by atoms with Gasteiger partial charge in [0.2, 0.25) is 0 Å². The maximum absolute atomic E-state index is 3.40. The van der Waals surface area contributed by atoms with Gasteiger partial charge < -0.3 is 5.32 Å². The van der Waals surface area contributed by atoms with Gasteiger partial charge in [-0.15, -0.1) is 11.3 Å². The summed E-state index contributed by atoms with van der Waals surface area (Å²) in [7, 11) is 2.06. The highest BCUT2D eigenvalue weighted by atomic mass is 32.1. The quantitative estimate of drug-likeness (QED) is 0.755. The topological polar surface area (TPSA) is 12.0 Å². The molecule has 0 saturated carbocycles. The van der Waals surface area contributed by atoms with Crippen molar-refractivity contribution in [3.05, 3.63) is 21.9 Å². The summed E-state index contributed by atoms with van der Waals surface area (Å²) in [4.78, 5) is 2.99. The first kappa shape index (κ1) is 11.7. The Kier molecular flexibility index (Phi) is 5.20. The summed E-state index contributed by atoms with van der Waals surface area (Å²) >= 11 is 1.95. The van der Waals surface area contributed by atoms with E-state index in [4.69, 9.17) is 0 Å². The van der Waals surface area contributed by atoms with Gasteiger partial charge in [0.25, 0.3) is 0 Å². The first-order chi connectivity index (χ1) is 6.81.